The number of hydrogen-bond donors (Lipinski definition) is 2. The highest BCUT2D eigenvalue weighted by atomic mass is 16.7. The van der Waals surface area contributed by atoms with Crippen molar-refractivity contribution in [2.75, 3.05) is 0 Å². The van der Waals surface area contributed by atoms with E-state index in [1.807, 2.05) is 81.4 Å². The maximum atomic E-state index is 13.8. The van der Waals surface area contributed by atoms with Crippen LogP contribution in [0.5, 0.6) is 0 Å². The monoisotopic (exact) mass is 596 g/mol. The molecule has 13 atom stereocenters. The minimum atomic E-state index is -1.53. The van der Waals surface area contributed by atoms with Crippen LogP contribution in [0.1, 0.15) is 85.0 Å². The van der Waals surface area contributed by atoms with Crippen LogP contribution in [0, 0.1) is 23.7 Å². The summed E-state index contributed by atoms with van der Waals surface area (Å²) < 4.78 is 32.2. The van der Waals surface area contributed by atoms with Crippen molar-refractivity contribution in [3.05, 3.63) is 71.8 Å². The quantitative estimate of drug-likeness (QED) is 0.434. The molecule has 236 valence electrons. The molecule has 0 amide bonds. The van der Waals surface area contributed by atoms with Gasteiger partial charge in [-0.05, 0) is 39.5 Å². The van der Waals surface area contributed by atoms with Gasteiger partial charge < -0.3 is 33.9 Å². The summed E-state index contributed by atoms with van der Waals surface area (Å²) in [6.45, 7) is 13.2. The fraction of sp³-hybridized carbons (Fsp3) is 0.629. The summed E-state index contributed by atoms with van der Waals surface area (Å²) in [4.78, 5) is 13.8. The zero-order valence-corrected chi connectivity index (χ0v) is 26.4. The summed E-state index contributed by atoms with van der Waals surface area (Å²) in [5.74, 6) is -1.93. The fourth-order valence-electron chi connectivity index (χ4n) is 7.66. The van der Waals surface area contributed by atoms with E-state index in [0.717, 1.165) is 11.1 Å². The number of hydrogen-bond acceptors (Lipinski definition) is 8. The molecule has 43 heavy (non-hydrogen) atoms. The third-order valence-electron chi connectivity index (χ3n) is 9.87. The predicted octanol–water partition coefficient (Wildman–Crippen LogP) is 5.72. The third-order valence-corrected chi connectivity index (χ3v) is 9.87. The summed E-state index contributed by atoms with van der Waals surface area (Å²) in [6.07, 6.45) is -3.93. The molecule has 3 heterocycles. The number of benzene rings is 2. The molecule has 2 unspecified atom stereocenters. The van der Waals surface area contributed by atoms with Crippen molar-refractivity contribution in [2.24, 2.45) is 23.7 Å². The topological polar surface area (TPSA) is 104 Å². The van der Waals surface area contributed by atoms with Gasteiger partial charge in [0.25, 0.3) is 0 Å². The van der Waals surface area contributed by atoms with Gasteiger partial charge in [0.05, 0.1) is 35.9 Å². The highest BCUT2D eigenvalue weighted by molar-refractivity contribution is 5.73. The average Bonchev–Trinajstić information content (AvgIpc) is 2.99. The van der Waals surface area contributed by atoms with Crippen LogP contribution in [0.2, 0.25) is 0 Å². The highest BCUT2D eigenvalue weighted by Crippen LogP contribution is 2.47. The van der Waals surface area contributed by atoms with E-state index < -0.39 is 60.1 Å². The van der Waals surface area contributed by atoms with Gasteiger partial charge in [-0.25, -0.2) is 0 Å². The Balaban J connectivity index is 1.58. The number of carbonyl (C=O) groups excluding carboxylic acids is 1. The van der Waals surface area contributed by atoms with Gasteiger partial charge in [0.1, 0.15) is 11.7 Å². The molecule has 3 fully saturated rings. The molecule has 0 spiro atoms. The van der Waals surface area contributed by atoms with E-state index in [0.29, 0.717) is 12.8 Å². The standard InChI is InChI=1S/C35H48O8/c1-8-26-35(7,38)30-21(3)27(40-32(43-30)24-15-11-9-12-16-24)20(2)19-34(6,37)29-22(4)28(23(5)31(36)39-26)41-33(42-29)25-17-13-10-14-18-25/h9-18,20-23,26-30,32-33,37-38H,8,19H2,1-7H3/t20-,21+,22-,23-,26-,27+,28+,29-,30+,32?,33?,34-,35-/m1/s1. The molecule has 2 N–H and O–H groups in total. The number of ether oxygens (including phenoxy) is 5. The van der Waals surface area contributed by atoms with Gasteiger partial charge in [-0.15, -0.1) is 0 Å². The van der Waals surface area contributed by atoms with E-state index in [1.54, 1.807) is 20.8 Å². The average molecular weight is 597 g/mol. The lowest BCUT2D eigenvalue weighted by molar-refractivity contribution is -0.332. The Labute approximate surface area is 255 Å². The third kappa shape index (κ3) is 6.28. The lowest BCUT2D eigenvalue weighted by Crippen LogP contribution is -2.62. The van der Waals surface area contributed by atoms with Crippen molar-refractivity contribution in [2.45, 2.75) is 116 Å². The second-order valence-electron chi connectivity index (χ2n) is 13.4. The number of carbonyl (C=O) groups is 1. The minimum absolute atomic E-state index is 0.145. The summed E-state index contributed by atoms with van der Waals surface area (Å²) in [5.41, 5.74) is -1.19. The molecule has 5 rings (SSSR count). The molecular weight excluding hydrogens is 548 g/mol. The molecule has 2 aromatic rings. The normalized spacial score (nSPS) is 44.2. The zero-order chi connectivity index (χ0) is 31.1. The summed E-state index contributed by atoms with van der Waals surface area (Å²) in [7, 11) is 0. The van der Waals surface area contributed by atoms with E-state index in [4.69, 9.17) is 23.7 Å². The van der Waals surface area contributed by atoms with E-state index in [9.17, 15) is 15.0 Å². The Morgan fingerprint density at radius 1 is 0.744 bits per heavy atom. The minimum Gasteiger partial charge on any atom is -0.459 e. The molecule has 8 nitrogen and oxygen atoms in total. The Bertz CT molecular complexity index is 1220. The number of cyclic esters (lactones) is 1. The summed E-state index contributed by atoms with van der Waals surface area (Å²) >= 11 is 0. The van der Waals surface area contributed by atoms with Crippen LogP contribution in [0.15, 0.2) is 60.7 Å². The smallest absolute Gasteiger partial charge is 0.311 e. The zero-order valence-electron chi connectivity index (χ0n) is 26.4. The molecule has 0 aromatic heterocycles. The first kappa shape index (κ1) is 32.1. The number of esters is 1. The molecular formula is C35H48O8. The van der Waals surface area contributed by atoms with Crippen molar-refractivity contribution in [1.82, 2.24) is 0 Å². The fourth-order valence-corrected chi connectivity index (χ4v) is 7.66. The van der Waals surface area contributed by atoms with Gasteiger partial charge in [0.15, 0.2) is 12.6 Å². The summed E-state index contributed by atoms with van der Waals surface area (Å²) in [6, 6.07) is 19.2. The molecule has 3 aliphatic rings. The number of fused-ring (bicyclic) bond motifs is 4. The lowest BCUT2D eigenvalue weighted by Gasteiger charge is -2.52. The predicted molar refractivity (Wildman–Crippen MR) is 161 cm³/mol. The van der Waals surface area contributed by atoms with Crippen LogP contribution in [0.4, 0.5) is 0 Å². The number of rotatable bonds is 3. The molecule has 3 aliphatic heterocycles. The molecule has 3 saturated heterocycles. The van der Waals surface area contributed by atoms with Gasteiger partial charge in [0, 0.05) is 23.0 Å². The summed E-state index contributed by atoms with van der Waals surface area (Å²) in [5, 5.41) is 24.3. The SMILES string of the molecule is CC[C@H]1OC(=O)[C@H](C)[C@H]2OC(c3ccccc3)O[C@H]([C@@H]2C)[C@](C)(O)C[C@@H](C)[C@@H]2OC(c3ccccc3)O[C@@H]([C@H]2C)[C@]1(C)O. The van der Waals surface area contributed by atoms with Crippen LogP contribution in [0.25, 0.3) is 0 Å². The van der Waals surface area contributed by atoms with Crippen molar-refractivity contribution < 1.29 is 38.7 Å². The Morgan fingerprint density at radius 3 is 1.77 bits per heavy atom. The van der Waals surface area contributed by atoms with Crippen molar-refractivity contribution in [1.29, 1.82) is 0 Å². The van der Waals surface area contributed by atoms with Gasteiger partial charge >= 0.3 is 5.97 Å². The van der Waals surface area contributed by atoms with Crippen molar-refractivity contribution in [3.63, 3.8) is 0 Å². The van der Waals surface area contributed by atoms with E-state index in [1.165, 1.54) is 0 Å². The van der Waals surface area contributed by atoms with Gasteiger partial charge in [-0.3, -0.25) is 4.79 Å². The van der Waals surface area contributed by atoms with Crippen LogP contribution >= 0.6 is 0 Å². The maximum absolute atomic E-state index is 13.8. The van der Waals surface area contributed by atoms with Gasteiger partial charge in [-0.1, -0.05) is 88.4 Å². The second kappa shape index (κ2) is 12.6. The van der Waals surface area contributed by atoms with Crippen molar-refractivity contribution in [3.8, 4) is 0 Å². The van der Waals surface area contributed by atoms with Crippen LogP contribution < -0.4 is 0 Å². The largest absolute Gasteiger partial charge is 0.459 e. The van der Waals surface area contributed by atoms with Crippen LogP contribution in [-0.2, 0) is 28.5 Å². The van der Waals surface area contributed by atoms with Gasteiger partial charge in [-0.2, -0.15) is 0 Å². The Kier molecular flexibility index (Phi) is 9.38. The first-order chi connectivity index (χ1) is 20.3. The van der Waals surface area contributed by atoms with Crippen LogP contribution in [0.3, 0.4) is 0 Å². The molecule has 0 radical (unpaired) electrons. The molecule has 4 bridgehead atoms. The lowest BCUT2D eigenvalue weighted by atomic mass is 9.72. The molecule has 0 saturated carbocycles. The van der Waals surface area contributed by atoms with Crippen LogP contribution in [-0.4, -0.2) is 57.9 Å². The maximum Gasteiger partial charge on any atom is 0.311 e. The van der Waals surface area contributed by atoms with E-state index in [-0.39, 0.29) is 23.9 Å². The van der Waals surface area contributed by atoms with E-state index >= 15 is 0 Å². The van der Waals surface area contributed by atoms with E-state index in [2.05, 4.69) is 6.92 Å². The first-order valence-electron chi connectivity index (χ1n) is 15.7. The molecule has 8 heteroatoms. The van der Waals surface area contributed by atoms with Crippen molar-refractivity contribution >= 4 is 5.97 Å². The second-order valence-corrected chi connectivity index (χ2v) is 13.4. The Hall–Kier alpha value is -2.33. The molecule has 2 aromatic carbocycles. The highest BCUT2D eigenvalue weighted by Gasteiger charge is 2.55. The Morgan fingerprint density at radius 2 is 1.23 bits per heavy atom. The molecule has 0 aliphatic carbocycles. The first-order valence-corrected chi connectivity index (χ1v) is 15.7. The number of aliphatic hydroxyl groups is 2. The van der Waals surface area contributed by atoms with Gasteiger partial charge in [0.2, 0.25) is 0 Å².